The van der Waals surface area contributed by atoms with E-state index in [0.717, 1.165) is 52.0 Å². The van der Waals surface area contributed by atoms with Crippen molar-refractivity contribution in [3.63, 3.8) is 0 Å². The predicted molar refractivity (Wildman–Crippen MR) is 116 cm³/mol. The smallest absolute Gasteiger partial charge is 0.236 e. The molecule has 1 aromatic rings. The lowest BCUT2D eigenvalue weighted by Crippen LogP contribution is -2.53. The van der Waals surface area contributed by atoms with Gasteiger partial charge in [-0.15, -0.1) is 0 Å². The monoisotopic (exact) mass is 400 g/mol. The average molecular weight is 401 g/mol. The summed E-state index contributed by atoms with van der Waals surface area (Å²) in [7, 11) is 0. The van der Waals surface area contributed by atoms with E-state index in [1.807, 2.05) is 12.1 Å². The second-order valence-corrected chi connectivity index (χ2v) is 8.51. The van der Waals surface area contributed by atoms with Crippen LogP contribution in [-0.4, -0.2) is 84.9 Å². The number of nitrogens with one attached hydrogen (secondary N) is 1. The first kappa shape index (κ1) is 21.8. The van der Waals surface area contributed by atoms with Gasteiger partial charge in [0.2, 0.25) is 11.8 Å². The summed E-state index contributed by atoms with van der Waals surface area (Å²) in [5.74, 6) is 0.352. The number of amides is 2. The minimum Gasteiger partial charge on any atom is -0.355 e. The number of aryl methyl sites for hydroxylation is 1. The Hall–Kier alpha value is -1.92. The van der Waals surface area contributed by atoms with Crippen LogP contribution in [-0.2, 0) is 16.0 Å². The lowest BCUT2D eigenvalue weighted by Gasteiger charge is -2.37. The number of hydrogen-bond donors (Lipinski definition) is 1. The molecule has 0 spiro atoms. The number of carbonyl (C=O) groups is 2. The third kappa shape index (κ3) is 6.54. The van der Waals surface area contributed by atoms with Gasteiger partial charge in [0.15, 0.2) is 0 Å². The zero-order valence-corrected chi connectivity index (χ0v) is 18.0. The third-order valence-electron chi connectivity index (χ3n) is 6.29. The maximum absolute atomic E-state index is 12.6. The molecule has 160 valence electrons. The molecule has 1 aromatic carbocycles. The molecule has 1 N–H and O–H groups in total. The van der Waals surface area contributed by atoms with Crippen molar-refractivity contribution < 1.29 is 9.59 Å². The Bertz CT molecular complexity index is 685. The molecule has 2 aliphatic rings. The molecule has 2 saturated heterocycles. The summed E-state index contributed by atoms with van der Waals surface area (Å²) < 4.78 is 0. The number of nitrogens with zero attached hydrogens (tertiary/aromatic N) is 3. The van der Waals surface area contributed by atoms with Crippen molar-refractivity contribution in [1.29, 1.82) is 0 Å². The van der Waals surface area contributed by atoms with Crippen LogP contribution in [0.1, 0.15) is 37.3 Å². The van der Waals surface area contributed by atoms with Crippen molar-refractivity contribution >= 4 is 11.8 Å². The van der Waals surface area contributed by atoms with Gasteiger partial charge in [0.1, 0.15) is 0 Å². The molecule has 1 atom stereocenters. The van der Waals surface area contributed by atoms with Crippen LogP contribution in [0.25, 0.3) is 0 Å². The van der Waals surface area contributed by atoms with Crippen LogP contribution in [0.2, 0.25) is 0 Å². The minimum atomic E-state index is 0.0882. The summed E-state index contributed by atoms with van der Waals surface area (Å²) in [6, 6.07) is 8.68. The fourth-order valence-electron chi connectivity index (χ4n) is 4.34. The van der Waals surface area contributed by atoms with Crippen LogP contribution >= 0.6 is 0 Å². The molecular weight excluding hydrogens is 364 g/mol. The Balaban J connectivity index is 1.32. The Kier molecular flexibility index (Phi) is 8.07. The Labute approximate surface area is 175 Å². The van der Waals surface area contributed by atoms with E-state index >= 15 is 0 Å². The molecule has 1 unspecified atom stereocenters. The molecule has 6 nitrogen and oxygen atoms in total. The fourth-order valence-corrected chi connectivity index (χ4v) is 4.34. The van der Waals surface area contributed by atoms with Crippen molar-refractivity contribution in [3.05, 3.63) is 35.4 Å². The first-order chi connectivity index (χ1) is 14.0. The molecule has 2 fully saturated rings. The molecule has 2 amide bonds. The summed E-state index contributed by atoms with van der Waals surface area (Å²) in [6.07, 6.45) is 4.35. The van der Waals surface area contributed by atoms with E-state index in [-0.39, 0.29) is 11.8 Å². The van der Waals surface area contributed by atoms with Gasteiger partial charge in [-0.3, -0.25) is 19.4 Å². The highest BCUT2D eigenvalue weighted by Crippen LogP contribution is 2.17. The highest BCUT2D eigenvalue weighted by Gasteiger charge is 2.26. The number of benzene rings is 1. The molecule has 0 bridgehead atoms. The highest BCUT2D eigenvalue weighted by molar-refractivity contribution is 5.79. The van der Waals surface area contributed by atoms with Gasteiger partial charge < -0.3 is 10.2 Å². The maximum atomic E-state index is 12.6. The standard InChI is InChI=1S/C23H36N4O2/c1-19-7-3-4-9-21(19)10-11-24-22(28)17-25-13-15-26(16-14-25)18-23(29)27-12-6-5-8-20(27)2/h3-4,7,9,20H,5-6,8,10-18H2,1-2H3,(H,24,28). The Morgan fingerprint density at radius 2 is 1.69 bits per heavy atom. The molecule has 2 aliphatic heterocycles. The van der Waals surface area contributed by atoms with Gasteiger partial charge in [-0.25, -0.2) is 0 Å². The van der Waals surface area contributed by atoms with E-state index in [4.69, 9.17) is 0 Å². The third-order valence-corrected chi connectivity index (χ3v) is 6.29. The Morgan fingerprint density at radius 1 is 1.00 bits per heavy atom. The van der Waals surface area contributed by atoms with Crippen LogP contribution in [0.5, 0.6) is 0 Å². The lowest BCUT2D eigenvalue weighted by molar-refractivity contribution is -0.136. The van der Waals surface area contributed by atoms with Gasteiger partial charge in [-0.2, -0.15) is 0 Å². The zero-order chi connectivity index (χ0) is 20.6. The summed E-state index contributed by atoms with van der Waals surface area (Å²) in [4.78, 5) is 31.3. The lowest BCUT2D eigenvalue weighted by atomic mass is 10.0. The molecule has 0 aliphatic carbocycles. The van der Waals surface area contributed by atoms with E-state index < -0.39 is 0 Å². The van der Waals surface area contributed by atoms with Gasteiger partial charge in [-0.1, -0.05) is 24.3 Å². The van der Waals surface area contributed by atoms with Gasteiger partial charge in [0.05, 0.1) is 13.1 Å². The average Bonchev–Trinajstić information content (AvgIpc) is 2.71. The van der Waals surface area contributed by atoms with Crippen LogP contribution in [0.15, 0.2) is 24.3 Å². The second-order valence-electron chi connectivity index (χ2n) is 8.51. The number of hydrogen-bond acceptors (Lipinski definition) is 4. The number of rotatable bonds is 7. The summed E-state index contributed by atoms with van der Waals surface area (Å²) in [6.45, 7) is 10.2. The van der Waals surface area contributed by atoms with Gasteiger partial charge >= 0.3 is 0 Å². The predicted octanol–water partition coefficient (Wildman–Crippen LogP) is 1.67. The second kappa shape index (κ2) is 10.7. The largest absolute Gasteiger partial charge is 0.355 e. The molecule has 0 radical (unpaired) electrons. The van der Waals surface area contributed by atoms with E-state index in [1.54, 1.807) is 0 Å². The summed E-state index contributed by atoms with van der Waals surface area (Å²) >= 11 is 0. The van der Waals surface area contributed by atoms with Gasteiger partial charge in [-0.05, 0) is 50.7 Å². The molecule has 6 heteroatoms. The fraction of sp³-hybridized carbons (Fsp3) is 0.652. The normalized spacial score (nSPS) is 21.2. The van der Waals surface area contributed by atoms with Crippen molar-refractivity contribution in [2.75, 3.05) is 52.4 Å². The number of piperazine rings is 1. The van der Waals surface area contributed by atoms with E-state index in [0.29, 0.717) is 25.7 Å². The molecule has 29 heavy (non-hydrogen) atoms. The number of likely N-dealkylation sites (tertiary alicyclic amines) is 1. The maximum Gasteiger partial charge on any atom is 0.236 e. The molecule has 2 heterocycles. The molecule has 0 aromatic heterocycles. The van der Waals surface area contributed by atoms with E-state index in [2.05, 4.69) is 46.0 Å². The summed E-state index contributed by atoms with van der Waals surface area (Å²) in [5.41, 5.74) is 2.56. The SMILES string of the molecule is Cc1ccccc1CCNC(=O)CN1CCN(CC(=O)N2CCCCC2C)CC1. The van der Waals surface area contributed by atoms with Crippen molar-refractivity contribution in [3.8, 4) is 0 Å². The Morgan fingerprint density at radius 3 is 2.38 bits per heavy atom. The van der Waals surface area contributed by atoms with Crippen molar-refractivity contribution in [1.82, 2.24) is 20.0 Å². The number of piperidine rings is 1. The molecule has 0 saturated carbocycles. The number of carbonyl (C=O) groups excluding carboxylic acids is 2. The topological polar surface area (TPSA) is 55.9 Å². The minimum absolute atomic E-state index is 0.0882. The van der Waals surface area contributed by atoms with Crippen molar-refractivity contribution in [2.24, 2.45) is 0 Å². The first-order valence-corrected chi connectivity index (χ1v) is 11.1. The van der Waals surface area contributed by atoms with Gasteiger partial charge in [0.25, 0.3) is 0 Å². The van der Waals surface area contributed by atoms with Crippen LogP contribution in [0.4, 0.5) is 0 Å². The van der Waals surface area contributed by atoms with Gasteiger partial charge in [0, 0.05) is 45.3 Å². The van der Waals surface area contributed by atoms with Crippen LogP contribution in [0.3, 0.4) is 0 Å². The molecule has 3 rings (SSSR count). The van der Waals surface area contributed by atoms with Crippen LogP contribution < -0.4 is 5.32 Å². The zero-order valence-electron chi connectivity index (χ0n) is 18.0. The highest BCUT2D eigenvalue weighted by atomic mass is 16.2. The quantitative estimate of drug-likeness (QED) is 0.757. The first-order valence-electron chi connectivity index (χ1n) is 11.1. The van der Waals surface area contributed by atoms with Crippen molar-refractivity contribution in [2.45, 2.75) is 45.6 Å². The summed E-state index contributed by atoms with van der Waals surface area (Å²) in [5, 5.41) is 3.04. The van der Waals surface area contributed by atoms with E-state index in [9.17, 15) is 9.59 Å². The van der Waals surface area contributed by atoms with Crippen LogP contribution in [0, 0.1) is 6.92 Å². The molecular formula is C23H36N4O2. The van der Waals surface area contributed by atoms with E-state index in [1.165, 1.54) is 17.5 Å².